The van der Waals surface area contributed by atoms with Gasteiger partial charge in [-0.15, -0.1) is 5.10 Å². The molecule has 0 aliphatic rings. The molecule has 0 aliphatic carbocycles. The number of nitrogens with zero attached hydrogens (tertiary/aromatic N) is 3. The average Bonchev–Trinajstić information content (AvgIpc) is 2.30. The van der Waals surface area contributed by atoms with E-state index in [2.05, 4.69) is 15.2 Å². The maximum Gasteiger partial charge on any atom is 0.354 e. The monoisotopic (exact) mass is 201 g/mol. The van der Waals surface area contributed by atoms with E-state index in [4.69, 9.17) is 5.11 Å². The Hall–Kier alpha value is -2.30. The first kappa shape index (κ1) is 9.26. The van der Waals surface area contributed by atoms with Crippen LogP contribution in [0.25, 0.3) is 11.4 Å². The number of carboxylic acids is 1. The lowest BCUT2D eigenvalue weighted by Crippen LogP contribution is -2.01. The van der Waals surface area contributed by atoms with Crippen molar-refractivity contribution in [1.82, 2.24) is 15.2 Å². The van der Waals surface area contributed by atoms with Crippen LogP contribution in [0.2, 0.25) is 0 Å². The lowest BCUT2D eigenvalue weighted by molar-refractivity contribution is 0.0690. The van der Waals surface area contributed by atoms with Crippen LogP contribution in [0.1, 0.15) is 10.5 Å². The lowest BCUT2D eigenvalue weighted by Gasteiger charge is -1.99. The van der Waals surface area contributed by atoms with Gasteiger partial charge in [0.2, 0.25) is 0 Å². The number of carbonyl (C=O) groups is 1. The summed E-state index contributed by atoms with van der Waals surface area (Å²) >= 11 is 0. The van der Waals surface area contributed by atoms with Gasteiger partial charge in [-0.1, -0.05) is 6.07 Å². The molecule has 0 bridgehead atoms. The minimum Gasteiger partial charge on any atom is -0.477 e. The molecule has 0 amide bonds. The predicted molar refractivity (Wildman–Crippen MR) is 52.2 cm³/mol. The van der Waals surface area contributed by atoms with Crippen LogP contribution in [0.4, 0.5) is 0 Å². The largest absolute Gasteiger partial charge is 0.477 e. The van der Waals surface area contributed by atoms with Crippen molar-refractivity contribution < 1.29 is 9.90 Å². The van der Waals surface area contributed by atoms with Crippen molar-refractivity contribution in [2.24, 2.45) is 0 Å². The van der Waals surface area contributed by atoms with E-state index in [9.17, 15) is 4.79 Å². The van der Waals surface area contributed by atoms with Gasteiger partial charge in [0.1, 0.15) is 11.4 Å². The first-order valence-corrected chi connectivity index (χ1v) is 4.26. The molecule has 74 valence electrons. The minimum absolute atomic E-state index is 0.00171. The highest BCUT2D eigenvalue weighted by molar-refractivity contribution is 5.85. The molecule has 2 heterocycles. The minimum atomic E-state index is -1.05. The highest BCUT2D eigenvalue weighted by atomic mass is 16.4. The Morgan fingerprint density at radius 2 is 1.93 bits per heavy atom. The Kier molecular flexibility index (Phi) is 2.37. The third-order valence-corrected chi connectivity index (χ3v) is 1.80. The Bertz CT molecular complexity index is 485. The first-order valence-electron chi connectivity index (χ1n) is 4.26. The molecule has 0 saturated carbocycles. The molecule has 0 aliphatic heterocycles. The SMILES string of the molecule is O=C(O)c1cccc(-c2cccnn2)n1. The smallest absolute Gasteiger partial charge is 0.354 e. The van der Waals surface area contributed by atoms with E-state index < -0.39 is 5.97 Å². The lowest BCUT2D eigenvalue weighted by atomic mass is 10.2. The molecule has 0 radical (unpaired) electrons. The van der Waals surface area contributed by atoms with Crippen LogP contribution in [0.5, 0.6) is 0 Å². The molecule has 2 rings (SSSR count). The average molecular weight is 201 g/mol. The topological polar surface area (TPSA) is 76.0 Å². The molecule has 2 aromatic rings. The van der Waals surface area contributed by atoms with Gasteiger partial charge in [0, 0.05) is 6.20 Å². The fraction of sp³-hybridized carbons (Fsp3) is 0. The summed E-state index contributed by atoms with van der Waals surface area (Å²) in [6, 6.07) is 8.19. The number of aromatic nitrogens is 3. The Labute approximate surface area is 85.4 Å². The van der Waals surface area contributed by atoms with Gasteiger partial charge in [-0.05, 0) is 24.3 Å². The maximum absolute atomic E-state index is 10.7. The summed E-state index contributed by atoms with van der Waals surface area (Å²) in [7, 11) is 0. The van der Waals surface area contributed by atoms with Crippen LogP contribution in [-0.2, 0) is 0 Å². The highest BCUT2D eigenvalue weighted by Crippen LogP contribution is 2.12. The summed E-state index contributed by atoms with van der Waals surface area (Å²) in [5, 5.41) is 16.3. The molecular weight excluding hydrogens is 194 g/mol. The van der Waals surface area contributed by atoms with Gasteiger partial charge in [-0.25, -0.2) is 9.78 Å². The van der Waals surface area contributed by atoms with E-state index in [-0.39, 0.29) is 5.69 Å². The zero-order valence-electron chi connectivity index (χ0n) is 7.66. The summed E-state index contributed by atoms with van der Waals surface area (Å²) in [6.07, 6.45) is 1.55. The molecule has 2 aromatic heterocycles. The van der Waals surface area contributed by atoms with Crippen LogP contribution in [-0.4, -0.2) is 26.3 Å². The van der Waals surface area contributed by atoms with Crippen molar-refractivity contribution in [3.63, 3.8) is 0 Å². The predicted octanol–water partition coefficient (Wildman–Crippen LogP) is 1.24. The van der Waals surface area contributed by atoms with Gasteiger partial charge in [0.25, 0.3) is 0 Å². The van der Waals surface area contributed by atoms with Gasteiger partial charge in [0.15, 0.2) is 0 Å². The molecule has 5 nitrogen and oxygen atoms in total. The van der Waals surface area contributed by atoms with Crippen molar-refractivity contribution in [2.75, 3.05) is 0 Å². The van der Waals surface area contributed by atoms with E-state index in [1.165, 1.54) is 6.07 Å². The number of hydrogen-bond donors (Lipinski definition) is 1. The number of pyridine rings is 1. The van der Waals surface area contributed by atoms with Crippen molar-refractivity contribution in [3.05, 3.63) is 42.2 Å². The van der Waals surface area contributed by atoms with Crippen LogP contribution < -0.4 is 0 Å². The number of rotatable bonds is 2. The third-order valence-electron chi connectivity index (χ3n) is 1.80. The van der Waals surface area contributed by atoms with Gasteiger partial charge in [0.05, 0.1) is 5.69 Å². The maximum atomic E-state index is 10.7. The number of carboxylic acid groups (broad SMARTS) is 1. The van der Waals surface area contributed by atoms with Gasteiger partial charge >= 0.3 is 5.97 Å². The molecular formula is C10H7N3O2. The standard InChI is InChI=1S/C10H7N3O2/c14-10(15)9-4-1-3-7(12-9)8-5-2-6-11-13-8/h1-6H,(H,14,15). The van der Waals surface area contributed by atoms with Crippen molar-refractivity contribution in [1.29, 1.82) is 0 Å². The summed E-state index contributed by atoms with van der Waals surface area (Å²) in [4.78, 5) is 14.6. The summed E-state index contributed by atoms with van der Waals surface area (Å²) in [5.41, 5.74) is 1.06. The van der Waals surface area contributed by atoms with Gasteiger partial charge in [-0.3, -0.25) is 0 Å². The second-order valence-corrected chi connectivity index (χ2v) is 2.82. The Morgan fingerprint density at radius 3 is 2.60 bits per heavy atom. The van der Waals surface area contributed by atoms with E-state index in [1.54, 1.807) is 30.5 Å². The summed E-state index contributed by atoms with van der Waals surface area (Å²) in [6.45, 7) is 0. The quantitative estimate of drug-likeness (QED) is 0.790. The van der Waals surface area contributed by atoms with E-state index in [1.807, 2.05) is 0 Å². The normalized spacial score (nSPS) is 9.87. The van der Waals surface area contributed by atoms with Crippen molar-refractivity contribution in [3.8, 4) is 11.4 Å². The molecule has 0 fully saturated rings. The molecule has 0 atom stereocenters. The number of aromatic carboxylic acids is 1. The molecule has 0 saturated heterocycles. The fourth-order valence-corrected chi connectivity index (χ4v) is 1.13. The van der Waals surface area contributed by atoms with Crippen LogP contribution in [0, 0.1) is 0 Å². The molecule has 5 heteroatoms. The van der Waals surface area contributed by atoms with Crippen LogP contribution in [0.15, 0.2) is 36.5 Å². The first-order chi connectivity index (χ1) is 7.27. The van der Waals surface area contributed by atoms with Gasteiger partial charge in [-0.2, -0.15) is 5.10 Å². The molecule has 1 N–H and O–H groups in total. The van der Waals surface area contributed by atoms with Crippen molar-refractivity contribution in [2.45, 2.75) is 0 Å². The second-order valence-electron chi connectivity index (χ2n) is 2.82. The fourth-order valence-electron chi connectivity index (χ4n) is 1.13. The highest BCUT2D eigenvalue weighted by Gasteiger charge is 2.06. The van der Waals surface area contributed by atoms with Crippen LogP contribution >= 0.6 is 0 Å². The number of hydrogen-bond acceptors (Lipinski definition) is 4. The molecule has 0 spiro atoms. The van der Waals surface area contributed by atoms with Crippen LogP contribution in [0.3, 0.4) is 0 Å². The Morgan fingerprint density at radius 1 is 1.13 bits per heavy atom. The summed E-state index contributed by atoms with van der Waals surface area (Å²) < 4.78 is 0. The zero-order chi connectivity index (χ0) is 10.7. The second kappa shape index (κ2) is 3.83. The van der Waals surface area contributed by atoms with Crippen molar-refractivity contribution >= 4 is 5.97 Å². The van der Waals surface area contributed by atoms with Gasteiger partial charge < -0.3 is 5.11 Å². The van der Waals surface area contributed by atoms with E-state index in [0.29, 0.717) is 11.4 Å². The molecule has 15 heavy (non-hydrogen) atoms. The third kappa shape index (κ3) is 1.96. The molecule has 0 unspecified atom stereocenters. The zero-order valence-corrected chi connectivity index (χ0v) is 7.66. The van der Waals surface area contributed by atoms with E-state index >= 15 is 0 Å². The Balaban J connectivity index is 2.46. The summed E-state index contributed by atoms with van der Waals surface area (Å²) in [5.74, 6) is -1.05. The molecule has 0 aromatic carbocycles. The van der Waals surface area contributed by atoms with E-state index in [0.717, 1.165) is 0 Å².